The zero-order valence-corrected chi connectivity index (χ0v) is 10.1. The minimum absolute atomic E-state index is 0.145. The highest BCUT2D eigenvalue weighted by molar-refractivity contribution is 5.90. The fraction of sp³-hybridized carbons (Fsp3) is 0.333. The van der Waals surface area contributed by atoms with Crippen LogP contribution in [0.1, 0.15) is 24.2 Å². The summed E-state index contributed by atoms with van der Waals surface area (Å²) >= 11 is 0. The minimum Gasteiger partial charge on any atom is -0.478 e. The fourth-order valence-electron chi connectivity index (χ4n) is 1.16. The molecule has 0 aliphatic heterocycles. The molecule has 0 spiro atoms. The molecule has 2 N–H and O–H groups in total. The maximum atomic E-state index is 13.3. The molecular formula is C12H14FNO4. The topological polar surface area (TPSA) is 75.6 Å². The lowest BCUT2D eigenvalue weighted by Crippen LogP contribution is -2.16. The highest BCUT2D eigenvalue weighted by atomic mass is 19.1. The number of nitrogens with one attached hydrogen (secondary N) is 1. The Morgan fingerprint density at radius 2 is 2.11 bits per heavy atom. The Morgan fingerprint density at radius 3 is 2.61 bits per heavy atom. The summed E-state index contributed by atoms with van der Waals surface area (Å²) < 4.78 is 18.1. The van der Waals surface area contributed by atoms with Crippen molar-refractivity contribution >= 4 is 17.7 Å². The molecule has 0 radical (unpaired) electrons. The molecule has 6 heteroatoms. The second kappa shape index (κ2) is 6.00. The molecule has 0 saturated carbocycles. The molecule has 0 aromatic heterocycles. The van der Waals surface area contributed by atoms with Gasteiger partial charge in [0, 0.05) is 5.69 Å². The second-order valence-corrected chi connectivity index (χ2v) is 4.12. The van der Waals surface area contributed by atoms with Gasteiger partial charge in [0.15, 0.2) is 0 Å². The van der Waals surface area contributed by atoms with E-state index in [-0.39, 0.29) is 18.2 Å². The van der Waals surface area contributed by atoms with E-state index >= 15 is 0 Å². The molecule has 1 amide bonds. The van der Waals surface area contributed by atoms with Crippen LogP contribution in [0.3, 0.4) is 0 Å². The minimum atomic E-state index is -1.36. The van der Waals surface area contributed by atoms with Crippen molar-refractivity contribution in [2.24, 2.45) is 5.92 Å². The monoisotopic (exact) mass is 255 g/mol. The molecule has 0 aliphatic carbocycles. The van der Waals surface area contributed by atoms with E-state index in [1.807, 2.05) is 13.8 Å². The summed E-state index contributed by atoms with van der Waals surface area (Å²) in [7, 11) is 0. The van der Waals surface area contributed by atoms with E-state index in [1.165, 1.54) is 6.07 Å². The van der Waals surface area contributed by atoms with Crippen LogP contribution in [0, 0.1) is 11.7 Å². The smallest absolute Gasteiger partial charge is 0.411 e. The summed E-state index contributed by atoms with van der Waals surface area (Å²) in [4.78, 5) is 21.9. The standard InChI is InChI=1S/C12H14FNO4/c1-7(2)6-18-12(17)14-8-3-4-9(11(15)16)10(13)5-8/h3-5,7H,6H2,1-2H3,(H,14,17)(H,15,16). The summed E-state index contributed by atoms with van der Waals surface area (Å²) in [6, 6.07) is 3.30. The Balaban J connectivity index is 2.66. The summed E-state index contributed by atoms with van der Waals surface area (Å²) in [6.07, 6.45) is -0.703. The molecular weight excluding hydrogens is 241 g/mol. The largest absolute Gasteiger partial charge is 0.478 e. The number of hydrogen-bond donors (Lipinski definition) is 2. The molecule has 1 aromatic carbocycles. The summed E-state index contributed by atoms with van der Waals surface area (Å²) in [5.74, 6) is -2.08. The Kier molecular flexibility index (Phi) is 4.65. The van der Waals surface area contributed by atoms with E-state index in [9.17, 15) is 14.0 Å². The number of halogens is 1. The van der Waals surface area contributed by atoms with Gasteiger partial charge in [0.05, 0.1) is 12.2 Å². The molecule has 18 heavy (non-hydrogen) atoms. The number of carbonyl (C=O) groups is 2. The van der Waals surface area contributed by atoms with E-state index in [2.05, 4.69) is 5.32 Å². The van der Waals surface area contributed by atoms with Crippen LogP contribution in [0.25, 0.3) is 0 Å². The van der Waals surface area contributed by atoms with Gasteiger partial charge in [-0.25, -0.2) is 14.0 Å². The van der Waals surface area contributed by atoms with Gasteiger partial charge < -0.3 is 9.84 Å². The molecule has 0 unspecified atom stereocenters. The van der Waals surface area contributed by atoms with Gasteiger partial charge in [0.1, 0.15) is 5.82 Å². The number of hydrogen-bond acceptors (Lipinski definition) is 3. The highest BCUT2D eigenvalue weighted by Crippen LogP contribution is 2.14. The van der Waals surface area contributed by atoms with Crippen molar-refractivity contribution in [1.29, 1.82) is 0 Å². The van der Waals surface area contributed by atoms with Crippen LogP contribution >= 0.6 is 0 Å². The van der Waals surface area contributed by atoms with Crippen LogP contribution in [0.15, 0.2) is 18.2 Å². The van der Waals surface area contributed by atoms with Crippen molar-refractivity contribution in [3.8, 4) is 0 Å². The number of ether oxygens (including phenoxy) is 1. The predicted molar refractivity (Wildman–Crippen MR) is 63.2 cm³/mol. The van der Waals surface area contributed by atoms with Crippen molar-refractivity contribution < 1.29 is 23.8 Å². The molecule has 0 aliphatic rings. The van der Waals surface area contributed by atoms with Gasteiger partial charge in [-0.3, -0.25) is 5.32 Å². The first-order chi connectivity index (χ1) is 8.40. The summed E-state index contributed by atoms with van der Waals surface area (Å²) in [5.41, 5.74) is -0.303. The van der Waals surface area contributed by atoms with Crippen LogP contribution < -0.4 is 5.32 Å². The van der Waals surface area contributed by atoms with E-state index in [0.29, 0.717) is 0 Å². The number of rotatable bonds is 4. The third kappa shape index (κ3) is 4.04. The molecule has 0 bridgehead atoms. The molecule has 0 fully saturated rings. The van der Waals surface area contributed by atoms with Gasteiger partial charge >= 0.3 is 12.1 Å². The number of anilines is 1. The lowest BCUT2D eigenvalue weighted by atomic mass is 10.2. The maximum Gasteiger partial charge on any atom is 0.411 e. The Morgan fingerprint density at radius 1 is 1.44 bits per heavy atom. The van der Waals surface area contributed by atoms with Gasteiger partial charge in [0.25, 0.3) is 0 Å². The van der Waals surface area contributed by atoms with E-state index in [0.717, 1.165) is 12.1 Å². The average molecular weight is 255 g/mol. The van der Waals surface area contributed by atoms with E-state index in [1.54, 1.807) is 0 Å². The van der Waals surface area contributed by atoms with Crippen molar-refractivity contribution in [3.05, 3.63) is 29.6 Å². The van der Waals surface area contributed by atoms with Crippen molar-refractivity contribution in [2.75, 3.05) is 11.9 Å². The normalized spacial score (nSPS) is 10.2. The number of carbonyl (C=O) groups excluding carboxylic acids is 1. The fourth-order valence-corrected chi connectivity index (χ4v) is 1.16. The first-order valence-corrected chi connectivity index (χ1v) is 5.36. The third-order valence-electron chi connectivity index (χ3n) is 1.99. The van der Waals surface area contributed by atoms with Crippen molar-refractivity contribution in [2.45, 2.75) is 13.8 Å². The van der Waals surface area contributed by atoms with Crippen LogP contribution in [0.5, 0.6) is 0 Å². The first kappa shape index (κ1) is 14.0. The Labute approximate surface area is 104 Å². The highest BCUT2D eigenvalue weighted by Gasteiger charge is 2.12. The van der Waals surface area contributed by atoms with Crippen molar-refractivity contribution in [1.82, 2.24) is 0 Å². The number of benzene rings is 1. The molecule has 98 valence electrons. The molecule has 5 nitrogen and oxygen atoms in total. The molecule has 0 atom stereocenters. The first-order valence-electron chi connectivity index (χ1n) is 5.36. The van der Waals surface area contributed by atoms with Crippen LogP contribution in [-0.2, 0) is 4.74 Å². The molecule has 1 aromatic rings. The van der Waals surface area contributed by atoms with Gasteiger partial charge in [-0.1, -0.05) is 13.8 Å². The molecule has 0 saturated heterocycles. The molecule has 0 heterocycles. The number of carboxylic acid groups (broad SMARTS) is 1. The number of aromatic carboxylic acids is 1. The van der Waals surface area contributed by atoms with Crippen LogP contribution in [0.4, 0.5) is 14.9 Å². The Bertz CT molecular complexity index is 459. The quantitative estimate of drug-likeness (QED) is 0.867. The second-order valence-electron chi connectivity index (χ2n) is 4.12. The number of amides is 1. The summed E-state index contributed by atoms with van der Waals surface area (Å²) in [5, 5.41) is 10.9. The van der Waals surface area contributed by atoms with E-state index in [4.69, 9.17) is 9.84 Å². The predicted octanol–water partition coefficient (Wildman–Crippen LogP) is 2.73. The third-order valence-corrected chi connectivity index (χ3v) is 1.99. The van der Waals surface area contributed by atoms with E-state index < -0.39 is 23.4 Å². The SMILES string of the molecule is CC(C)COC(=O)Nc1ccc(C(=O)O)c(F)c1. The van der Waals surface area contributed by atoms with Gasteiger partial charge in [-0.05, 0) is 24.1 Å². The lowest BCUT2D eigenvalue weighted by Gasteiger charge is -2.09. The molecule has 1 rings (SSSR count). The van der Waals surface area contributed by atoms with Crippen molar-refractivity contribution in [3.63, 3.8) is 0 Å². The lowest BCUT2D eigenvalue weighted by molar-refractivity contribution is 0.0692. The Hall–Kier alpha value is -2.11. The summed E-state index contributed by atoms with van der Waals surface area (Å²) in [6.45, 7) is 4.02. The number of carboxylic acids is 1. The van der Waals surface area contributed by atoms with Gasteiger partial charge in [0.2, 0.25) is 0 Å². The van der Waals surface area contributed by atoms with Crippen LogP contribution in [-0.4, -0.2) is 23.8 Å². The average Bonchev–Trinajstić information content (AvgIpc) is 2.26. The van der Waals surface area contributed by atoms with Crippen LogP contribution in [0.2, 0.25) is 0 Å². The van der Waals surface area contributed by atoms with Gasteiger partial charge in [-0.15, -0.1) is 0 Å². The zero-order chi connectivity index (χ0) is 13.7. The zero-order valence-electron chi connectivity index (χ0n) is 10.1. The van der Waals surface area contributed by atoms with Gasteiger partial charge in [-0.2, -0.15) is 0 Å². The maximum absolute atomic E-state index is 13.3.